The van der Waals surface area contributed by atoms with Gasteiger partial charge in [0.05, 0.1) is 22.2 Å². The van der Waals surface area contributed by atoms with Crippen LogP contribution in [0.2, 0.25) is 0 Å². The van der Waals surface area contributed by atoms with E-state index in [4.69, 9.17) is 0 Å². The van der Waals surface area contributed by atoms with Crippen LogP contribution in [0.15, 0.2) is 133 Å². The lowest BCUT2D eigenvalue weighted by Crippen LogP contribution is -2.18. The summed E-state index contributed by atoms with van der Waals surface area (Å²) in [6.45, 7) is 5.60. The fraction of sp³-hybridized carbons (Fsp3) is 0.100. The highest BCUT2D eigenvalue weighted by atomic mass is 15.0. The molecule has 0 radical (unpaired) electrons. The monoisotopic (exact) mass is 538 g/mol. The van der Waals surface area contributed by atoms with Crippen molar-refractivity contribution in [3.8, 4) is 16.8 Å². The Kier molecular flexibility index (Phi) is 4.76. The van der Waals surface area contributed by atoms with Crippen LogP contribution < -0.4 is 0 Å². The highest BCUT2D eigenvalue weighted by Gasteiger charge is 2.38. The first-order valence-corrected chi connectivity index (χ1v) is 14.8. The lowest BCUT2D eigenvalue weighted by molar-refractivity contribution is 0.656. The van der Waals surface area contributed by atoms with E-state index in [0.29, 0.717) is 0 Å². The van der Waals surface area contributed by atoms with Gasteiger partial charge in [0.1, 0.15) is 0 Å². The Bertz CT molecular complexity index is 2350. The minimum atomic E-state index is -0.116. The summed E-state index contributed by atoms with van der Waals surface area (Å²) >= 11 is 0. The van der Waals surface area contributed by atoms with Crippen molar-refractivity contribution in [3.05, 3.63) is 150 Å². The number of para-hydroxylation sites is 2. The van der Waals surface area contributed by atoms with Gasteiger partial charge in [0, 0.05) is 39.0 Å². The van der Waals surface area contributed by atoms with Crippen LogP contribution in [0.3, 0.4) is 0 Å². The molecule has 9 rings (SSSR count). The third-order valence-electron chi connectivity index (χ3n) is 9.55. The van der Waals surface area contributed by atoms with Gasteiger partial charge in [-0.15, -0.1) is 0 Å². The van der Waals surface area contributed by atoms with Gasteiger partial charge in [-0.2, -0.15) is 0 Å². The van der Waals surface area contributed by atoms with Crippen LogP contribution in [0, 0.1) is 0 Å². The minimum absolute atomic E-state index is 0.116. The van der Waals surface area contributed by atoms with Crippen LogP contribution in [-0.2, 0) is 12.0 Å². The van der Waals surface area contributed by atoms with E-state index in [1.807, 2.05) is 0 Å². The normalized spacial score (nSPS) is 13.8. The first-order chi connectivity index (χ1) is 20.6. The van der Waals surface area contributed by atoms with Crippen LogP contribution in [0.4, 0.5) is 0 Å². The highest BCUT2D eigenvalue weighted by molar-refractivity contribution is 6.25. The van der Waals surface area contributed by atoms with Crippen molar-refractivity contribution in [2.75, 3.05) is 0 Å². The molecule has 0 aliphatic heterocycles. The quantitative estimate of drug-likeness (QED) is 0.212. The van der Waals surface area contributed by atoms with E-state index in [2.05, 4.69) is 156 Å². The molecule has 2 heterocycles. The second-order valence-corrected chi connectivity index (χ2v) is 12.2. The summed E-state index contributed by atoms with van der Waals surface area (Å²) < 4.78 is 5.06. The van der Waals surface area contributed by atoms with Gasteiger partial charge in [-0.3, -0.25) is 0 Å². The van der Waals surface area contributed by atoms with Gasteiger partial charge in [-0.25, -0.2) is 0 Å². The molecule has 0 amide bonds. The van der Waals surface area contributed by atoms with Crippen molar-refractivity contribution in [2.24, 2.45) is 0 Å². The number of benzene rings is 6. The summed E-state index contributed by atoms with van der Waals surface area (Å²) in [7, 11) is 0. The van der Waals surface area contributed by atoms with Crippen LogP contribution >= 0.6 is 0 Å². The standard InChI is InChI=1S/C40H30N2/c1-40(2)32-19-9-6-15-27(32)29-18-12-22-36(38(29)40)42-34-21-11-7-16-28(34)30-23-24-35-37(39(30)42)31-17-8-10-20-33(31)41(35)25-26-13-4-3-5-14-26/h3-24H,25H2,1-2H3. The number of nitrogens with zero attached hydrogens (tertiary/aromatic N) is 2. The van der Waals surface area contributed by atoms with Crippen LogP contribution in [0.1, 0.15) is 30.5 Å². The zero-order valence-corrected chi connectivity index (χ0v) is 23.8. The maximum atomic E-state index is 2.57. The molecule has 8 aromatic rings. The average Bonchev–Trinajstić information content (AvgIpc) is 3.62. The molecule has 2 nitrogen and oxygen atoms in total. The van der Waals surface area contributed by atoms with Gasteiger partial charge >= 0.3 is 0 Å². The van der Waals surface area contributed by atoms with Crippen molar-refractivity contribution in [3.63, 3.8) is 0 Å². The molecule has 200 valence electrons. The third-order valence-corrected chi connectivity index (χ3v) is 9.55. The van der Waals surface area contributed by atoms with Gasteiger partial charge in [-0.05, 0) is 52.1 Å². The molecule has 42 heavy (non-hydrogen) atoms. The van der Waals surface area contributed by atoms with E-state index in [-0.39, 0.29) is 5.41 Å². The highest BCUT2D eigenvalue weighted by Crippen LogP contribution is 2.52. The molecule has 0 N–H and O–H groups in total. The van der Waals surface area contributed by atoms with E-state index in [1.54, 1.807) is 0 Å². The second-order valence-electron chi connectivity index (χ2n) is 12.2. The summed E-state index contributed by atoms with van der Waals surface area (Å²) in [4.78, 5) is 0. The Morgan fingerprint density at radius 2 is 1.21 bits per heavy atom. The van der Waals surface area contributed by atoms with Crippen LogP contribution in [0.5, 0.6) is 0 Å². The van der Waals surface area contributed by atoms with Gasteiger partial charge in [0.2, 0.25) is 0 Å². The number of rotatable bonds is 3. The molecule has 0 fully saturated rings. The number of hydrogen-bond acceptors (Lipinski definition) is 0. The van der Waals surface area contributed by atoms with Gasteiger partial charge in [0.15, 0.2) is 0 Å². The summed E-state index contributed by atoms with van der Waals surface area (Å²) in [5, 5.41) is 5.21. The van der Waals surface area contributed by atoms with E-state index in [0.717, 1.165) is 6.54 Å². The molecule has 0 saturated carbocycles. The predicted octanol–water partition coefficient (Wildman–Crippen LogP) is 10.2. The molecule has 1 aliphatic rings. The molecule has 0 atom stereocenters. The molecule has 6 aromatic carbocycles. The predicted molar refractivity (Wildman–Crippen MR) is 177 cm³/mol. The van der Waals surface area contributed by atoms with Gasteiger partial charge in [0.25, 0.3) is 0 Å². The number of hydrogen-bond donors (Lipinski definition) is 0. The Balaban J connectivity index is 1.45. The Morgan fingerprint density at radius 3 is 2.07 bits per heavy atom. The SMILES string of the molecule is CC1(C)c2ccccc2-c2cccc(-n3c4ccccc4c4ccc5c(c6ccccc6n5Cc5ccccc5)c43)c21. The fourth-order valence-corrected chi connectivity index (χ4v) is 7.78. The van der Waals surface area contributed by atoms with Crippen LogP contribution in [0.25, 0.3) is 60.4 Å². The maximum Gasteiger partial charge on any atom is 0.0641 e. The lowest BCUT2D eigenvalue weighted by Gasteiger charge is -2.25. The molecule has 2 heteroatoms. The van der Waals surface area contributed by atoms with Crippen molar-refractivity contribution < 1.29 is 0 Å². The molecule has 0 unspecified atom stereocenters. The third kappa shape index (κ3) is 3.04. The minimum Gasteiger partial charge on any atom is -0.336 e. The second kappa shape index (κ2) is 8.47. The van der Waals surface area contributed by atoms with Crippen molar-refractivity contribution >= 4 is 43.6 Å². The molecule has 0 saturated heterocycles. The largest absolute Gasteiger partial charge is 0.336 e. The van der Waals surface area contributed by atoms with Crippen molar-refractivity contribution in [1.29, 1.82) is 0 Å². The smallest absolute Gasteiger partial charge is 0.0641 e. The van der Waals surface area contributed by atoms with Crippen molar-refractivity contribution in [2.45, 2.75) is 25.8 Å². The summed E-state index contributed by atoms with van der Waals surface area (Å²) in [5.74, 6) is 0. The van der Waals surface area contributed by atoms with Crippen LogP contribution in [-0.4, -0.2) is 9.13 Å². The Morgan fingerprint density at radius 1 is 0.524 bits per heavy atom. The topological polar surface area (TPSA) is 9.86 Å². The van der Waals surface area contributed by atoms with Gasteiger partial charge < -0.3 is 9.13 Å². The van der Waals surface area contributed by atoms with E-state index < -0.39 is 0 Å². The van der Waals surface area contributed by atoms with E-state index in [1.165, 1.54) is 77.1 Å². The lowest BCUT2D eigenvalue weighted by atomic mass is 9.81. The molecular weight excluding hydrogens is 508 g/mol. The summed E-state index contributed by atoms with van der Waals surface area (Å²) in [6, 6.07) is 49.2. The van der Waals surface area contributed by atoms with Gasteiger partial charge in [-0.1, -0.05) is 123 Å². The maximum absolute atomic E-state index is 2.57. The van der Waals surface area contributed by atoms with Crippen molar-refractivity contribution in [1.82, 2.24) is 9.13 Å². The molecule has 1 aliphatic carbocycles. The fourth-order valence-electron chi connectivity index (χ4n) is 7.78. The average molecular weight is 539 g/mol. The zero-order valence-electron chi connectivity index (χ0n) is 23.8. The first-order valence-electron chi connectivity index (χ1n) is 14.8. The van der Waals surface area contributed by atoms with E-state index >= 15 is 0 Å². The number of fused-ring (bicyclic) bond motifs is 10. The Labute approximate surface area is 245 Å². The molecule has 0 spiro atoms. The number of aromatic nitrogens is 2. The Hall–Kier alpha value is -5.08. The molecule has 0 bridgehead atoms. The summed E-state index contributed by atoms with van der Waals surface area (Å²) in [5.41, 5.74) is 13.0. The summed E-state index contributed by atoms with van der Waals surface area (Å²) in [6.07, 6.45) is 0. The van der Waals surface area contributed by atoms with E-state index in [9.17, 15) is 0 Å². The molecular formula is C40H30N2. The first kappa shape index (κ1) is 23.6. The zero-order chi connectivity index (χ0) is 28.0. The molecule has 2 aromatic heterocycles.